The summed E-state index contributed by atoms with van der Waals surface area (Å²) in [5.41, 5.74) is 0.807. The molecular formula is C21H29N3O4. The fourth-order valence-corrected chi connectivity index (χ4v) is 3.58. The summed E-state index contributed by atoms with van der Waals surface area (Å²) in [5, 5.41) is 13.8. The van der Waals surface area contributed by atoms with Gasteiger partial charge in [0.05, 0.1) is 12.2 Å². The molecule has 0 saturated carbocycles. The first kappa shape index (κ1) is 20.5. The average Bonchev–Trinajstić information content (AvgIpc) is 3.03. The van der Waals surface area contributed by atoms with Crippen molar-refractivity contribution in [2.45, 2.75) is 57.5 Å². The third kappa shape index (κ3) is 4.43. The van der Waals surface area contributed by atoms with Crippen LogP contribution in [0, 0.1) is 0 Å². The van der Waals surface area contributed by atoms with Crippen molar-refractivity contribution in [1.29, 1.82) is 0 Å². The molecule has 0 spiro atoms. The van der Waals surface area contributed by atoms with Crippen molar-refractivity contribution < 1.29 is 9.84 Å². The number of nitrogens with one attached hydrogen (secondary N) is 2. The van der Waals surface area contributed by atoms with Gasteiger partial charge >= 0.3 is 5.69 Å². The number of aromatic amines is 1. The van der Waals surface area contributed by atoms with Gasteiger partial charge in [-0.2, -0.15) is 0 Å². The quantitative estimate of drug-likeness (QED) is 0.666. The lowest BCUT2D eigenvalue weighted by Crippen LogP contribution is -2.40. The molecule has 3 atom stereocenters. The summed E-state index contributed by atoms with van der Waals surface area (Å²) in [7, 11) is 0. The van der Waals surface area contributed by atoms with E-state index >= 15 is 0 Å². The van der Waals surface area contributed by atoms with Gasteiger partial charge in [-0.3, -0.25) is 14.3 Å². The van der Waals surface area contributed by atoms with Crippen LogP contribution < -0.4 is 16.6 Å². The highest BCUT2D eigenvalue weighted by Gasteiger charge is 2.35. The van der Waals surface area contributed by atoms with E-state index in [4.69, 9.17) is 4.74 Å². The number of nitrogens with zero attached hydrogens (tertiary/aromatic N) is 1. The molecule has 2 aromatic rings. The van der Waals surface area contributed by atoms with Crippen LogP contribution in [-0.2, 0) is 16.6 Å². The predicted molar refractivity (Wildman–Crippen MR) is 108 cm³/mol. The first-order valence-electron chi connectivity index (χ1n) is 9.76. The van der Waals surface area contributed by atoms with Crippen LogP contribution in [0.3, 0.4) is 0 Å². The second-order valence-corrected chi connectivity index (χ2v) is 7.99. The Hall–Kier alpha value is -2.22. The summed E-state index contributed by atoms with van der Waals surface area (Å²) < 4.78 is 7.30. The summed E-state index contributed by atoms with van der Waals surface area (Å²) in [4.78, 5) is 26.2. The SMILES string of the molecule is CCc1cn([C@@H]2CC(O)[C@H](CNCC(C)(C)c3ccccc3)O2)c(=O)[nH]c1=O. The second-order valence-electron chi connectivity index (χ2n) is 7.99. The van der Waals surface area contributed by atoms with E-state index in [0.29, 0.717) is 24.9 Å². The molecule has 2 heterocycles. The Kier molecular flexibility index (Phi) is 6.17. The molecule has 0 radical (unpaired) electrons. The molecule has 1 unspecified atom stereocenters. The summed E-state index contributed by atoms with van der Waals surface area (Å²) >= 11 is 0. The van der Waals surface area contributed by atoms with Gasteiger partial charge in [0.25, 0.3) is 5.56 Å². The molecular weight excluding hydrogens is 358 g/mol. The minimum absolute atomic E-state index is 0.0594. The smallest absolute Gasteiger partial charge is 0.330 e. The summed E-state index contributed by atoms with van der Waals surface area (Å²) in [6.45, 7) is 7.39. The van der Waals surface area contributed by atoms with E-state index in [9.17, 15) is 14.7 Å². The topological polar surface area (TPSA) is 96.3 Å². The van der Waals surface area contributed by atoms with Gasteiger partial charge in [-0.1, -0.05) is 51.1 Å². The first-order chi connectivity index (χ1) is 13.3. The Morgan fingerprint density at radius 2 is 2.00 bits per heavy atom. The third-order valence-electron chi connectivity index (χ3n) is 5.40. The number of hydrogen-bond donors (Lipinski definition) is 3. The van der Waals surface area contributed by atoms with Crippen molar-refractivity contribution >= 4 is 0 Å². The molecule has 1 aliphatic heterocycles. The average molecular weight is 387 g/mol. The minimum Gasteiger partial charge on any atom is -0.390 e. The highest BCUT2D eigenvalue weighted by molar-refractivity contribution is 5.23. The van der Waals surface area contributed by atoms with Crippen molar-refractivity contribution in [1.82, 2.24) is 14.9 Å². The van der Waals surface area contributed by atoms with E-state index in [1.54, 1.807) is 0 Å². The molecule has 0 aliphatic carbocycles. The van der Waals surface area contributed by atoms with Crippen LogP contribution in [-0.4, -0.2) is 40.0 Å². The lowest BCUT2D eigenvalue weighted by molar-refractivity contribution is -0.0196. The van der Waals surface area contributed by atoms with Crippen molar-refractivity contribution in [3.8, 4) is 0 Å². The highest BCUT2D eigenvalue weighted by Crippen LogP contribution is 2.28. The summed E-state index contributed by atoms with van der Waals surface area (Å²) in [6.07, 6.45) is 0.682. The van der Waals surface area contributed by atoms with Crippen LogP contribution in [0.15, 0.2) is 46.1 Å². The second kappa shape index (κ2) is 8.43. The first-order valence-corrected chi connectivity index (χ1v) is 9.76. The Labute approximate surface area is 164 Å². The van der Waals surface area contributed by atoms with E-state index in [-0.39, 0.29) is 11.0 Å². The number of benzene rings is 1. The Bertz CT molecular complexity index is 904. The van der Waals surface area contributed by atoms with Gasteiger partial charge in [0.2, 0.25) is 0 Å². The van der Waals surface area contributed by atoms with Gasteiger partial charge < -0.3 is 15.2 Å². The van der Waals surface area contributed by atoms with E-state index in [1.807, 2.05) is 25.1 Å². The number of rotatable bonds is 7. The number of aromatic nitrogens is 2. The summed E-state index contributed by atoms with van der Waals surface area (Å²) in [6, 6.07) is 10.3. The van der Waals surface area contributed by atoms with Crippen molar-refractivity contribution in [3.05, 3.63) is 68.5 Å². The van der Waals surface area contributed by atoms with Crippen molar-refractivity contribution in [2.24, 2.45) is 0 Å². The normalized spacial score (nSPS) is 22.5. The molecule has 152 valence electrons. The maximum Gasteiger partial charge on any atom is 0.330 e. The minimum atomic E-state index is -0.679. The zero-order valence-electron chi connectivity index (χ0n) is 16.6. The van der Waals surface area contributed by atoms with E-state index in [0.717, 1.165) is 6.54 Å². The molecule has 7 nitrogen and oxygen atoms in total. The lowest BCUT2D eigenvalue weighted by Gasteiger charge is -2.27. The zero-order valence-corrected chi connectivity index (χ0v) is 16.6. The molecule has 1 aromatic carbocycles. The highest BCUT2D eigenvalue weighted by atomic mass is 16.5. The maximum absolute atomic E-state index is 12.1. The van der Waals surface area contributed by atoms with Gasteiger partial charge in [0.15, 0.2) is 0 Å². The number of hydrogen-bond acceptors (Lipinski definition) is 5. The fourth-order valence-electron chi connectivity index (χ4n) is 3.58. The lowest BCUT2D eigenvalue weighted by atomic mass is 9.84. The standard InChI is InChI=1S/C21H29N3O4/c1-4-14-12-24(20(27)23-19(14)26)18-10-16(25)17(28-18)11-22-13-21(2,3)15-8-6-5-7-9-15/h5-9,12,16-18,22,25H,4,10-11,13H2,1-3H3,(H,23,26,27)/t16?,17-,18-/m0/s1. The number of H-pyrrole nitrogens is 1. The molecule has 3 N–H and O–H groups in total. The van der Waals surface area contributed by atoms with Gasteiger partial charge in [-0.05, 0) is 12.0 Å². The summed E-state index contributed by atoms with van der Waals surface area (Å²) in [5.74, 6) is 0. The van der Waals surface area contributed by atoms with Crippen LogP contribution >= 0.6 is 0 Å². The van der Waals surface area contributed by atoms with Crippen LogP contribution in [0.4, 0.5) is 0 Å². The van der Waals surface area contributed by atoms with Gasteiger partial charge in [0, 0.05) is 36.7 Å². The molecule has 7 heteroatoms. The molecule has 0 bridgehead atoms. The van der Waals surface area contributed by atoms with Crippen molar-refractivity contribution in [3.63, 3.8) is 0 Å². The number of aryl methyl sites for hydroxylation is 1. The Morgan fingerprint density at radius 1 is 1.29 bits per heavy atom. The largest absolute Gasteiger partial charge is 0.390 e. The zero-order chi connectivity index (χ0) is 20.3. The molecule has 1 saturated heterocycles. The number of ether oxygens (including phenoxy) is 1. The van der Waals surface area contributed by atoms with Crippen molar-refractivity contribution in [2.75, 3.05) is 13.1 Å². The maximum atomic E-state index is 12.1. The van der Waals surface area contributed by atoms with Gasteiger partial charge in [-0.25, -0.2) is 4.79 Å². The van der Waals surface area contributed by atoms with Crippen LogP contribution in [0.2, 0.25) is 0 Å². The Morgan fingerprint density at radius 3 is 2.68 bits per heavy atom. The molecule has 1 fully saturated rings. The molecule has 3 rings (SSSR count). The third-order valence-corrected chi connectivity index (χ3v) is 5.40. The van der Waals surface area contributed by atoms with Crippen LogP contribution in [0.1, 0.15) is 44.5 Å². The van der Waals surface area contributed by atoms with Gasteiger partial charge in [0.1, 0.15) is 6.23 Å². The fraction of sp³-hybridized carbons (Fsp3) is 0.524. The molecule has 28 heavy (non-hydrogen) atoms. The predicted octanol–water partition coefficient (Wildman–Crippen LogP) is 1.31. The van der Waals surface area contributed by atoms with E-state index < -0.39 is 24.1 Å². The number of aliphatic hydroxyl groups excluding tert-OH is 1. The monoisotopic (exact) mass is 387 g/mol. The van der Waals surface area contributed by atoms with Crippen LogP contribution in [0.25, 0.3) is 0 Å². The van der Waals surface area contributed by atoms with E-state index in [2.05, 4.69) is 36.3 Å². The van der Waals surface area contributed by atoms with Gasteiger partial charge in [-0.15, -0.1) is 0 Å². The Balaban J connectivity index is 1.62. The van der Waals surface area contributed by atoms with E-state index in [1.165, 1.54) is 16.3 Å². The molecule has 0 amide bonds. The molecule has 1 aliphatic rings. The molecule has 1 aromatic heterocycles. The van der Waals surface area contributed by atoms with Crippen LogP contribution in [0.5, 0.6) is 0 Å². The number of aliphatic hydroxyl groups is 1.